The van der Waals surface area contributed by atoms with Crippen LogP contribution in [0.1, 0.15) is 22.8 Å². The van der Waals surface area contributed by atoms with E-state index in [-0.39, 0.29) is 27.7 Å². The van der Waals surface area contributed by atoms with Gasteiger partial charge in [-0.1, -0.05) is 6.07 Å². The standard InChI is InChI=1S/C17H16N2O6S/c1-9-3-4-11(17(21)22)7-13(9)19-26(23,24)12-5-6-15-14(8-12)18-16(20)10(2)25-15/h3-8,10,19H,1-2H3,(H,18,20)(H,21,22). The predicted octanol–water partition coefficient (Wildman–Crippen LogP) is 2.21. The Hall–Kier alpha value is -3.07. The van der Waals surface area contributed by atoms with Crippen LogP contribution in [0.2, 0.25) is 0 Å². The summed E-state index contributed by atoms with van der Waals surface area (Å²) in [4.78, 5) is 22.7. The van der Waals surface area contributed by atoms with Crippen LogP contribution in [0.4, 0.5) is 11.4 Å². The van der Waals surface area contributed by atoms with Gasteiger partial charge in [-0.15, -0.1) is 0 Å². The molecule has 0 fully saturated rings. The molecular formula is C17H16N2O6S. The minimum Gasteiger partial charge on any atom is -0.479 e. The fourth-order valence-corrected chi connectivity index (χ4v) is 3.57. The molecule has 8 nitrogen and oxygen atoms in total. The van der Waals surface area contributed by atoms with Gasteiger partial charge in [0, 0.05) is 0 Å². The molecule has 0 aliphatic carbocycles. The van der Waals surface area contributed by atoms with Crippen molar-refractivity contribution in [2.45, 2.75) is 24.8 Å². The van der Waals surface area contributed by atoms with Crippen LogP contribution in [-0.2, 0) is 14.8 Å². The molecule has 0 saturated carbocycles. The normalized spacial score (nSPS) is 16.2. The van der Waals surface area contributed by atoms with E-state index >= 15 is 0 Å². The van der Waals surface area contributed by atoms with Crippen LogP contribution in [0.3, 0.4) is 0 Å². The molecule has 3 N–H and O–H groups in total. The lowest BCUT2D eigenvalue weighted by Gasteiger charge is -2.23. The minimum atomic E-state index is -3.99. The highest BCUT2D eigenvalue weighted by Crippen LogP contribution is 2.32. The van der Waals surface area contributed by atoms with E-state index in [1.807, 2.05) is 0 Å². The summed E-state index contributed by atoms with van der Waals surface area (Å²) in [5.74, 6) is -1.15. The van der Waals surface area contributed by atoms with Crippen LogP contribution in [0.5, 0.6) is 5.75 Å². The van der Waals surface area contributed by atoms with Crippen LogP contribution >= 0.6 is 0 Å². The summed E-state index contributed by atoms with van der Waals surface area (Å²) in [6.45, 7) is 3.24. The number of aromatic carboxylic acids is 1. The minimum absolute atomic E-state index is 0.0339. The van der Waals surface area contributed by atoms with Gasteiger partial charge in [0.1, 0.15) is 5.75 Å². The molecule has 1 aliphatic rings. The van der Waals surface area contributed by atoms with E-state index in [4.69, 9.17) is 9.84 Å². The maximum Gasteiger partial charge on any atom is 0.335 e. The first-order chi connectivity index (χ1) is 12.2. The number of rotatable bonds is 4. The Bertz CT molecular complexity index is 1020. The van der Waals surface area contributed by atoms with Gasteiger partial charge in [0.2, 0.25) is 0 Å². The molecule has 1 aliphatic heterocycles. The summed E-state index contributed by atoms with van der Waals surface area (Å²) in [5.41, 5.74) is 0.957. The van der Waals surface area contributed by atoms with Crippen molar-refractivity contribution in [3.63, 3.8) is 0 Å². The summed E-state index contributed by atoms with van der Waals surface area (Å²) < 4.78 is 33.1. The fourth-order valence-electron chi connectivity index (χ4n) is 2.42. The largest absolute Gasteiger partial charge is 0.479 e. The van der Waals surface area contributed by atoms with Gasteiger partial charge in [0.15, 0.2) is 6.10 Å². The van der Waals surface area contributed by atoms with Crippen molar-refractivity contribution >= 4 is 33.3 Å². The number of carboxylic acid groups (broad SMARTS) is 1. The average Bonchev–Trinajstić information content (AvgIpc) is 2.57. The molecule has 136 valence electrons. The molecule has 1 atom stereocenters. The van der Waals surface area contributed by atoms with Gasteiger partial charge < -0.3 is 15.2 Å². The first-order valence-corrected chi connectivity index (χ1v) is 9.14. The van der Waals surface area contributed by atoms with Crippen LogP contribution in [0.15, 0.2) is 41.3 Å². The molecule has 26 heavy (non-hydrogen) atoms. The fraction of sp³-hybridized carbons (Fsp3) is 0.176. The van der Waals surface area contributed by atoms with E-state index in [1.165, 1.54) is 36.4 Å². The highest BCUT2D eigenvalue weighted by molar-refractivity contribution is 7.92. The lowest BCUT2D eigenvalue weighted by molar-refractivity contribution is -0.122. The topological polar surface area (TPSA) is 122 Å². The Labute approximate surface area is 149 Å². The smallest absolute Gasteiger partial charge is 0.335 e. The molecule has 0 radical (unpaired) electrons. The number of carbonyl (C=O) groups excluding carboxylic acids is 1. The van der Waals surface area contributed by atoms with Gasteiger partial charge in [0.25, 0.3) is 15.9 Å². The van der Waals surface area contributed by atoms with E-state index in [0.717, 1.165) is 0 Å². The first-order valence-electron chi connectivity index (χ1n) is 7.66. The Balaban J connectivity index is 1.95. The molecule has 9 heteroatoms. The predicted molar refractivity (Wildman–Crippen MR) is 94.1 cm³/mol. The Morgan fingerprint density at radius 3 is 2.65 bits per heavy atom. The lowest BCUT2D eigenvalue weighted by Crippen LogP contribution is -2.34. The molecule has 2 aromatic carbocycles. The third-order valence-electron chi connectivity index (χ3n) is 3.92. The lowest BCUT2D eigenvalue weighted by atomic mass is 10.1. The van der Waals surface area contributed by atoms with Gasteiger partial charge in [0.05, 0.1) is 21.8 Å². The summed E-state index contributed by atoms with van der Waals surface area (Å²) in [6, 6.07) is 8.26. The van der Waals surface area contributed by atoms with Crippen molar-refractivity contribution in [2.75, 3.05) is 10.0 Å². The maximum atomic E-state index is 12.7. The number of carbonyl (C=O) groups is 2. The van der Waals surface area contributed by atoms with Crippen molar-refractivity contribution in [1.29, 1.82) is 0 Å². The Morgan fingerprint density at radius 1 is 1.23 bits per heavy atom. The highest BCUT2D eigenvalue weighted by atomic mass is 32.2. The zero-order chi connectivity index (χ0) is 19.1. The van der Waals surface area contributed by atoms with Gasteiger partial charge in [-0.25, -0.2) is 13.2 Å². The Morgan fingerprint density at radius 2 is 1.96 bits per heavy atom. The number of anilines is 2. The molecule has 0 spiro atoms. The third-order valence-corrected chi connectivity index (χ3v) is 5.28. The van der Waals surface area contributed by atoms with Gasteiger partial charge in [-0.05, 0) is 49.7 Å². The second kappa shape index (κ2) is 6.34. The van der Waals surface area contributed by atoms with E-state index in [1.54, 1.807) is 13.8 Å². The van der Waals surface area contributed by atoms with Crippen LogP contribution < -0.4 is 14.8 Å². The summed E-state index contributed by atoms with van der Waals surface area (Å²) in [7, 11) is -3.99. The second-order valence-corrected chi connectivity index (χ2v) is 7.53. The first kappa shape index (κ1) is 17.7. The number of ether oxygens (including phenoxy) is 1. The summed E-state index contributed by atoms with van der Waals surface area (Å²) in [5, 5.41) is 11.7. The van der Waals surface area contributed by atoms with Crippen molar-refractivity contribution in [3.8, 4) is 5.75 Å². The molecule has 0 aromatic heterocycles. The van der Waals surface area contributed by atoms with Crippen molar-refractivity contribution in [2.24, 2.45) is 0 Å². The number of hydrogen-bond acceptors (Lipinski definition) is 5. The summed E-state index contributed by atoms with van der Waals surface area (Å²) in [6.07, 6.45) is -0.663. The molecule has 0 saturated heterocycles. The van der Waals surface area contributed by atoms with Crippen LogP contribution in [0, 0.1) is 6.92 Å². The molecule has 1 heterocycles. The second-order valence-electron chi connectivity index (χ2n) is 5.85. The van der Waals surface area contributed by atoms with E-state index in [9.17, 15) is 18.0 Å². The van der Waals surface area contributed by atoms with Crippen LogP contribution in [0.25, 0.3) is 0 Å². The van der Waals surface area contributed by atoms with Gasteiger partial charge in [-0.3, -0.25) is 9.52 Å². The van der Waals surface area contributed by atoms with E-state index in [2.05, 4.69) is 10.0 Å². The van der Waals surface area contributed by atoms with E-state index in [0.29, 0.717) is 11.3 Å². The van der Waals surface area contributed by atoms with Crippen molar-refractivity contribution in [1.82, 2.24) is 0 Å². The van der Waals surface area contributed by atoms with Crippen molar-refractivity contribution < 1.29 is 27.9 Å². The Kier molecular flexibility index (Phi) is 4.33. The van der Waals surface area contributed by atoms with Gasteiger partial charge in [-0.2, -0.15) is 0 Å². The number of nitrogens with one attached hydrogen (secondary N) is 2. The number of hydrogen-bond donors (Lipinski definition) is 3. The number of carboxylic acids is 1. The number of fused-ring (bicyclic) bond motifs is 1. The summed E-state index contributed by atoms with van der Waals surface area (Å²) >= 11 is 0. The number of aryl methyl sites for hydroxylation is 1. The molecular weight excluding hydrogens is 360 g/mol. The zero-order valence-corrected chi connectivity index (χ0v) is 14.8. The molecule has 0 bridgehead atoms. The SMILES string of the molecule is Cc1ccc(C(=O)O)cc1NS(=O)(=O)c1ccc2c(c1)NC(=O)C(C)O2. The number of sulfonamides is 1. The number of amides is 1. The van der Waals surface area contributed by atoms with Gasteiger partial charge >= 0.3 is 5.97 Å². The monoisotopic (exact) mass is 376 g/mol. The molecule has 2 aromatic rings. The van der Waals surface area contributed by atoms with E-state index < -0.39 is 22.1 Å². The molecule has 1 unspecified atom stereocenters. The third kappa shape index (κ3) is 3.33. The zero-order valence-electron chi connectivity index (χ0n) is 13.9. The van der Waals surface area contributed by atoms with Crippen molar-refractivity contribution in [3.05, 3.63) is 47.5 Å². The molecule has 1 amide bonds. The van der Waals surface area contributed by atoms with Crippen LogP contribution in [-0.4, -0.2) is 31.5 Å². The molecule has 3 rings (SSSR count). The average molecular weight is 376 g/mol. The quantitative estimate of drug-likeness (QED) is 0.752. The highest BCUT2D eigenvalue weighted by Gasteiger charge is 2.26. The number of benzene rings is 2. The maximum absolute atomic E-state index is 12.7.